The van der Waals surface area contributed by atoms with Crippen LogP contribution in [0.4, 0.5) is 5.69 Å². The van der Waals surface area contributed by atoms with Crippen LogP contribution in [0.1, 0.15) is 48.7 Å². The van der Waals surface area contributed by atoms with E-state index in [1.54, 1.807) is 25.1 Å². The number of amides is 1. The number of aryl methyl sites for hydroxylation is 2. The van der Waals surface area contributed by atoms with E-state index in [1.165, 1.54) is 0 Å². The fourth-order valence-electron chi connectivity index (χ4n) is 2.75. The van der Waals surface area contributed by atoms with Gasteiger partial charge in [0.25, 0.3) is 5.91 Å². The van der Waals surface area contributed by atoms with Gasteiger partial charge in [0.15, 0.2) is 17.6 Å². The molecule has 0 aromatic heterocycles. The minimum absolute atomic E-state index is 0.295. The molecule has 29 heavy (non-hydrogen) atoms. The number of esters is 1. The van der Waals surface area contributed by atoms with Crippen molar-refractivity contribution in [3.63, 3.8) is 0 Å². The van der Waals surface area contributed by atoms with Gasteiger partial charge in [0.05, 0.1) is 18.8 Å². The number of para-hydroxylation sites is 1. The quantitative estimate of drug-likeness (QED) is 0.620. The lowest BCUT2D eigenvalue weighted by Crippen LogP contribution is -2.30. The highest BCUT2D eigenvalue weighted by atomic mass is 16.5. The summed E-state index contributed by atoms with van der Waals surface area (Å²) in [5.74, 6) is 0.0648. The van der Waals surface area contributed by atoms with Crippen LogP contribution in [0.3, 0.4) is 0 Å². The first kappa shape index (κ1) is 22.3. The number of rotatable bonds is 9. The van der Waals surface area contributed by atoms with Gasteiger partial charge in [0.1, 0.15) is 0 Å². The van der Waals surface area contributed by atoms with Crippen LogP contribution in [0.5, 0.6) is 11.5 Å². The van der Waals surface area contributed by atoms with E-state index in [0.717, 1.165) is 23.2 Å². The molecule has 0 aliphatic carbocycles. The van der Waals surface area contributed by atoms with Gasteiger partial charge < -0.3 is 19.5 Å². The summed E-state index contributed by atoms with van der Waals surface area (Å²) in [6.45, 7) is 10.2. The Morgan fingerprint density at radius 3 is 2.31 bits per heavy atom. The van der Waals surface area contributed by atoms with Crippen molar-refractivity contribution in [2.24, 2.45) is 0 Å². The zero-order chi connectivity index (χ0) is 21.4. The third kappa shape index (κ3) is 5.98. The van der Waals surface area contributed by atoms with Crippen LogP contribution < -0.4 is 14.8 Å². The maximum absolute atomic E-state index is 12.5. The minimum Gasteiger partial charge on any atom is -0.490 e. The van der Waals surface area contributed by atoms with Gasteiger partial charge in [-0.1, -0.05) is 25.1 Å². The van der Waals surface area contributed by atoms with Crippen LogP contribution in [0.25, 0.3) is 0 Å². The summed E-state index contributed by atoms with van der Waals surface area (Å²) in [5.41, 5.74) is 2.92. The number of hydrogen-bond acceptors (Lipinski definition) is 5. The highest BCUT2D eigenvalue weighted by molar-refractivity contribution is 5.98. The SMILES string of the molecule is CCCOc1ccc(C(=O)OC(C)C(=O)Nc2c(C)cccc2C)cc1OCC. The molecule has 1 N–H and O–H groups in total. The first-order valence-corrected chi connectivity index (χ1v) is 9.85. The second-order valence-corrected chi connectivity index (χ2v) is 6.75. The Morgan fingerprint density at radius 2 is 1.69 bits per heavy atom. The molecule has 2 aromatic carbocycles. The van der Waals surface area contributed by atoms with Crippen molar-refractivity contribution in [1.82, 2.24) is 0 Å². The van der Waals surface area contributed by atoms with Crippen LogP contribution in [-0.2, 0) is 9.53 Å². The molecule has 1 amide bonds. The first-order valence-electron chi connectivity index (χ1n) is 9.85. The molecule has 0 aliphatic rings. The van der Waals surface area contributed by atoms with Gasteiger partial charge in [-0.2, -0.15) is 0 Å². The Hall–Kier alpha value is -3.02. The molecule has 1 atom stereocenters. The van der Waals surface area contributed by atoms with Gasteiger partial charge in [0, 0.05) is 5.69 Å². The second kappa shape index (κ2) is 10.5. The van der Waals surface area contributed by atoms with E-state index in [4.69, 9.17) is 14.2 Å². The zero-order valence-electron chi connectivity index (χ0n) is 17.7. The number of nitrogens with one attached hydrogen (secondary N) is 1. The monoisotopic (exact) mass is 399 g/mol. The molecule has 6 heteroatoms. The average Bonchev–Trinajstić information content (AvgIpc) is 2.69. The van der Waals surface area contributed by atoms with Crippen molar-refractivity contribution < 1.29 is 23.8 Å². The number of ether oxygens (including phenoxy) is 3. The first-order chi connectivity index (χ1) is 13.9. The molecular formula is C23H29NO5. The molecule has 1 unspecified atom stereocenters. The average molecular weight is 399 g/mol. The van der Waals surface area contributed by atoms with Gasteiger partial charge in [-0.15, -0.1) is 0 Å². The van der Waals surface area contributed by atoms with E-state index in [1.807, 2.05) is 45.9 Å². The molecular weight excluding hydrogens is 370 g/mol. The Morgan fingerprint density at radius 1 is 1.00 bits per heavy atom. The van der Waals surface area contributed by atoms with Gasteiger partial charge in [-0.3, -0.25) is 4.79 Å². The predicted octanol–water partition coefficient (Wildman–Crippen LogP) is 4.67. The third-order valence-corrected chi connectivity index (χ3v) is 4.32. The number of benzene rings is 2. The minimum atomic E-state index is -0.951. The number of anilines is 1. The maximum atomic E-state index is 12.5. The fraction of sp³-hybridized carbons (Fsp3) is 0.391. The van der Waals surface area contributed by atoms with Crippen molar-refractivity contribution in [2.75, 3.05) is 18.5 Å². The summed E-state index contributed by atoms with van der Waals surface area (Å²) >= 11 is 0. The topological polar surface area (TPSA) is 73.9 Å². The Balaban J connectivity index is 2.08. The Labute approximate surface area is 172 Å². The lowest BCUT2D eigenvalue weighted by molar-refractivity contribution is -0.123. The van der Waals surface area contributed by atoms with Gasteiger partial charge in [-0.05, 0) is 63.4 Å². The molecule has 0 saturated carbocycles. The summed E-state index contributed by atoms with van der Waals surface area (Å²) in [6.07, 6.45) is -0.0874. The van der Waals surface area contributed by atoms with Crippen LogP contribution in [0.2, 0.25) is 0 Å². The zero-order valence-corrected chi connectivity index (χ0v) is 17.7. The van der Waals surface area contributed by atoms with Crippen molar-refractivity contribution >= 4 is 17.6 Å². The molecule has 2 rings (SSSR count). The number of carbonyl (C=O) groups is 2. The molecule has 0 saturated heterocycles. The molecule has 0 radical (unpaired) electrons. The predicted molar refractivity (Wildman–Crippen MR) is 113 cm³/mol. The third-order valence-electron chi connectivity index (χ3n) is 4.32. The van der Waals surface area contributed by atoms with E-state index in [2.05, 4.69) is 5.32 Å². The molecule has 0 bridgehead atoms. The van der Waals surface area contributed by atoms with Gasteiger partial charge in [0.2, 0.25) is 0 Å². The lowest BCUT2D eigenvalue weighted by atomic mass is 10.1. The summed E-state index contributed by atoms with van der Waals surface area (Å²) in [6, 6.07) is 10.6. The van der Waals surface area contributed by atoms with E-state index < -0.39 is 12.1 Å². The standard InChI is InChI=1S/C23H29NO5/c1-6-13-28-19-12-11-18(14-20(19)27-7-2)23(26)29-17(5)22(25)24-21-15(3)9-8-10-16(21)4/h8-12,14,17H,6-7,13H2,1-5H3,(H,24,25). The fourth-order valence-corrected chi connectivity index (χ4v) is 2.75. The van der Waals surface area contributed by atoms with Crippen molar-refractivity contribution in [3.05, 3.63) is 53.1 Å². The highest BCUT2D eigenvalue weighted by Crippen LogP contribution is 2.29. The second-order valence-electron chi connectivity index (χ2n) is 6.75. The largest absolute Gasteiger partial charge is 0.490 e. The molecule has 0 spiro atoms. The van der Waals surface area contributed by atoms with Gasteiger partial charge in [-0.25, -0.2) is 4.79 Å². The molecule has 0 heterocycles. The van der Waals surface area contributed by atoms with E-state index >= 15 is 0 Å². The van der Waals surface area contributed by atoms with Crippen LogP contribution in [0, 0.1) is 13.8 Å². The van der Waals surface area contributed by atoms with Crippen LogP contribution in [0.15, 0.2) is 36.4 Å². The molecule has 6 nitrogen and oxygen atoms in total. The van der Waals surface area contributed by atoms with E-state index in [0.29, 0.717) is 30.3 Å². The summed E-state index contributed by atoms with van der Waals surface area (Å²) in [5, 5.41) is 2.84. The Bertz CT molecular complexity index is 842. The van der Waals surface area contributed by atoms with E-state index in [9.17, 15) is 9.59 Å². The molecule has 156 valence electrons. The maximum Gasteiger partial charge on any atom is 0.339 e. The molecule has 2 aromatic rings. The molecule has 0 fully saturated rings. The van der Waals surface area contributed by atoms with Crippen molar-refractivity contribution in [3.8, 4) is 11.5 Å². The van der Waals surface area contributed by atoms with Crippen LogP contribution in [-0.4, -0.2) is 31.2 Å². The number of carbonyl (C=O) groups excluding carboxylic acids is 2. The lowest BCUT2D eigenvalue weighted by Gasteiger charge is -2.17. The van der Waals surface area contributed by atoms with Crippen molar-refractivity contribution in [2.45, 2.75) is 47.1 Å². The van der Waals surface area contributed by atoms with E-state index in [-0.39, 0.29) is 5.91 Å². The van der Waals surface area contributed by atoms with Gasteiger partial charge >= 0.3 is 5.97 Å². The highest BCUT2D eigenvalue weighted by Gasteiger charge is 2.21. The smallest absolute Gasteiger partial charge is 0.339 e. The van der Waals surface area contributed by atoms with Crippen LogP contribution >= 0.6 is 0 Å². The van der Waals surface area contributed by atoms with Crippen molar-refractivity contribution in [1.29, 1.82) is 0 Å². The summed E-state index contributed by atoms with van der Waals surface area (Å²) < 4.78 is 16.6. The number of hydrogen-bond donors (Lipinski definition) is 1. The summed E-state index contributed by atoms with van der Waals surface area (Å²) in [4.78, 5) is 25.0. The normalized spacial score (nSPS) is 11.5. The summed E-state index contributed by atoms with van der Waals surface area (Å²) in [7, 11) is 0. The Kier molecular flexibility index (Phi) is 8.07. The molecule has 0 aliphatic heterocycles.